The van der Waals surface area contributed by atoms with Gasteiger partial charge in [0.05, 0.1) is 53.6 Å². The molecule has 0 saturated carbocycles. The molecule has 13 nitrogen and oxygen atoms in total. The van der Waals surface area contributed by atoms with Crippen LogP contribution < -0.4 is 27.4 Å². The summed E-state index contributed by atoms with van der Waals surface area (Å²) in [4.78, 5) is 34.6. The highest BCUT2D eigenvalue weighted by Crippen LogP contribution is 2.44. The number of anilines is 5. The minimum Gasteiger partial charge on any atom is -0.444 e. The Morgan fingerprint density at radius 3 is 0.947 bits per heavy atom. The lowest BCUT2D eigenvalue weighted by Gasteiger charge is -2.27. The third-order valence-corrected chi connectivity index (χ3v) is 13.6. The highest BCUT2D eigenvalue weighted by atomic mass is 127. The zero-order chi connectivity index (χ0) is 74.5. The largest absolute Gasteiger partial charge is 0.444 e. The molecule has 5 rings (SSSR count). The Balaban J connectivity index is 0.00000117. The number of ether oxygens (including phenoxy) is 3. The molecular formula is C62H62Cl5F12I2N5O8Si. The van der Waals surface area contributed by atoms with Crippen LogP contribution in [-0.2, 0) is 14.2 Å². The first kappa shape index (κ1) is 89.0. The van der Waals surface area contributed by atoms with E-state index in [2.05, 4.69) is 92.2 Å². The van der Waals surface area contributed by atoms with Crippen molar-refractivity contribution >= 4 is 158 Å². The first-order valence-corrected chi connectivity index (χ1v) is 33.8. The molecule has 0 fully saturated rings. The molecule has 520 valence electrons. The molecule has 0 aliphatic heterocycles. The van der Waals surface area contributed by atoms with Gasteiger partial charge < -0.3 is 35.9 Å². The van der Waals surface area contributed by atoms with E-state index in [-0.39, 0.29) is 32.5 Å². The molecule has 5 aromatic rings. The summed E-state index contributed by atoms with van der Waals surface area (Å²) >= 11 is 33.3. The number of nitrogens with two attached hydrogens (primary N) is 2. The lowest BCUT2D eigenvalue weighted by atomic mass is 10.0. The highest BCUT2D eigenvalue weighted by Gasteiger charge is 2.71. The van der Waals surface area contributed by atoms with Crippen molar-refractivity contribution in [2.45, 2.75) is 135 Å². The van der Waals surface area contributed by atoms with Crippen LogP contribution in [0, 0.1) is 55.1 Å². The summed E-state index contributed by atoms with van der Waals surface area (Å²) in [6.45, 7) is 22.0. The number of halogens is 19. The van der Waals surface area contributed by atoms with Gasteiger partial charge in [0.1, 0.15) is 24.9 Å². The number of carbonyl (C=O) groups excluding carboxylic acids is 3. The second-order valence-corrected chi connectivity index (χ2v) is 32.1. The fourth-order valence-corrected chi connectivity index (χ4v) is 7.66. The summed E-state index contributed by atoms with van der Waals surface area (Å²) in [6, 6.07) is 22.1. The SMILES string of the molecule is C#C[Si](C)(C)C.C#Cc1ccc(NC(=O)OC(C)(C)C)c(Cl)c1.CC(C)(C)OC(=O)Nc1ccc(C#CC(O)(C(F)(F)F)C(F)(F)F)cc1Cl.CC(C)(C)OC(=O)Nc1ccc(I)cc1Cl.Nc1ccc(C#CC(O)(C(F)(F)F)C(F)(F)F)cc1Cl.Nc1ccc(I)cc1Cl. The van der Waals surface area contributed by atoms with Gasteiger partial charge in [0, 0.05) is 23.8 Å². The number of terminal acetylenes is 2. The summed E-state index contributed by atoms with van der Waals surface area (Å²) in [5.41, 5.74) is 3.14. The van der Waals surface area contributed by atoms with Crippen LogP contribution in [0.5, 0.6) is 0 Å². The fraction of sp³-hybridized carbons (Fsp3) is 0.339. The summed E-state index contributed by atoms with van der Waals surface area (Å²) < 4.78 is 167. The van der Waals surface area contributed by atoms with Crippen molar-refractivity contribution in [3.63, 3.8) is 0 Å². The van der Waals surface area contributed by atoms with Crippen LogP contribution >= 0.6 is 103 Å². The van der Waals surface area contributed by atoms with E-state index in [0.29, 0.717) is 37.7 Å². The van der Waals surface area contributed by atoms with Gasteiger partial charge in [-0.3, -0.25) is 16.0 Å². The Labute approximate surface area is 595 Å². The maximum Gasteiger partial charge on any atom is 0.438 e. The van der Waals surface area contributed by atoms with Crippen molar-refractivity contribution in [2.24, 2.45) is 0 Å². The number of alkyl halides is 12. The predicted molar refractivity (Wildman–Crippen MR) is 369 cm³/mol. The number of amides is 3. The van der Waals surface area contributed by atoms with Crippen molar-refractivity contribution in [3.05, 3.63) is 140 Å². The summed E-state index contributed by atoms with van der Waals surface area (Å²) in [7, 11) is -1.10. The van der Waals surface area contributed by atoms with Gasteiger partial charge in [0.2, 0.25) is 0 Å². The molecule has 9 N–H and O–H groups in total. The Bertz CT molecular complexity index is 3660. The van der Waals surface area contributed by atoms with Gasteiger partial charge >= 0.3 is 54.2 Å². The Morgan fingerprint density at radius 1 is 0.453 bits per heavy atom. The van der Waals surface area contributed by atoms with Gasteiger partial charge in [-0.1, -0.05) is 95.4 Å². The van der Waals surface area contributed by atoms with Crippen LogP contribution in [-0.4, -0.2) is 89.3 Å². The average molecular weight is 1690 g/mol. The zero-order valence-electron chi connectivity index (χ0n) is 52.0. The summed E-state index contributed by atoms with van der Waals surface area (Å²) in [5.74, 6) is 7.22. The molecule has 95 heavy (non-hydrogen) atoms. The first-order chi connectivity index (χ1) is 42.7. The quantitative estimate of drug-likeness (QED) is 0.0227. The van der Waals surface area contributed by atoms with Crippen LogP contribution in [0.2, 0.25) is 44.8 Å². The van der Waals surface area contributed by atoms with Crippen molar-refractivity contribution < 1.29 is 91.5 Å². The Kier molecular flexibility index (Phi) is 34.2. The molecule has 5 aromatic carbocycles. The first-order valence-electron chi connectivity index (χ1n) is 26.2. The lowest BCUT2D eigenvalue weighted by molar-refractivity contribution is -0.344. The fourth-order valence-electron chi connectivity index (χ4n) is 5.27. The van der Waals surface area contributed by atoms with E-state index < -0.39 is 79.1 Å². The standard InChI is InChI=1S/C16H14ClF6NO3.C13H14ClNO2.C11H6ClF6NO.C11H13ClINO2.C6H5ClIN.C5H10Si/c1-13(2,3)27-12(25)24-11-5-4-9(8-10(11)17)6-7-14(26,15(18,19)20)16(21,22)23;1-5-9-6-7-11(10(14)8-9)15-12(16)17-13(2,3)4;12-7-5-6(1-2-8(7)19)3-4-9(20,10(13,14)15)11(16,17)18;1-11(2,3)16-10(15)14-9-5-4-7(13)6-8(9)12;7-5-3-4(8)1-2-6(5)9;1-5-6(2,3)4/h4-5,8,26H,1-3H3,(H,24,25);1,6-8H,2-4H3,(H,15,16);1-2,5,20H,19H2;4-6H,1-3H3,(H,14,15);1-3H,9H2;1H,2-4H3. The molecule has 0 radical (unpaired) electrons. The normalized spacial score (nSPS) is 11.7. The number of benzene rings is 5. The molecule has 0 atom stereocenters. The number of carbonyl (C=O) groups is 3. The molecule has 0 saturated heterocycles. The second-order valence-electron chi connectivity index (χ2n) is 22.7. The van der Waals surface area contributed by atoms with E-state index in [9.17, 15) is 67.1 Å². The van der Waals surface area contributed by atoms with Crippen LogP contribution in [0.3, 0.4) is 0 Å². The van der Waals surface area contributed by atoms with Crippen LogP contribution in [0.1, 0.15) is 79.0 Å². The van der Waals surface area contributed by atoms with Gasteiger partial charge in [-0.15, -0.1) is 18.4 Å². The molecule has 0 aliphatic carbocycles. The van der Waals surface area contributed by atoms with Gasteiger partial charge in [-0.25, -0.2) is 14.4 Å². The van der Waals surface area contributed by atoms with Crippen molar-refractivity contribution in [1.29, 1.82) is 0 Å². The topological polar surface area (TPSA) is 207 Å². The van der Waals surface area contributed by atoms with Gasteiger partial charge in [-0.2, -0.15) is 52.7 Å². The van der Waals surface area contributed by atoms with E-state index >= 15 is 0 Å². The molecule has 0 aromatic heterocycles. The van der Waals surface area contributed by atoms with E-state index in [1.54, 1.807) is 89.8 Å². The van der Waals surface area contributed by atoms with Crippen LogP contribution in [0.25, 0.3) is 0 Å². The summed E-state index contributed by atoms with van der Waals surface area (Å²) in [5, 5.41) is 26.4. The van der Waals surface area contributed by atoms with Crippen molar-refractivity contribution in [1.82, 2.24) is 0 Å². The van der Waals surface area contributed by atoms with E-state index in [1.807, 2.05) is 39.0 Å². The lowest BCUT2D eigenvalue weighted by Crippen LogP contribution is -2.55. The monoisotopic (exact) mass is 1690 g/mol. The van der Waals surface area contributed by atoms with E-state index in [1.165, 1.54) is 0 Å². The molecule has 0 aliphatic rings. The molecule has 0 bridgehead atoms. The van der Waals surface area contributed by atoms with Crippen LogP contribution in [0.4, 0.5) is 95.5 Å². The van der Waals surface area contributed by atoms with Gasteiger partial charge in [0.25, 0.3) is 0 Å². The molecule has 0 spiro atoms. The zero-order valence-corrected chi connectivity index (χ0v) is 61.1. The van der Waals surface area contributed by atoms with E-state index in [0.717, 1.165) is 55.4 Å². The van der Waals surface area contributed by atoms with Gasteiger partial charge in [-0.05, 0) is 210 Å². The van der Waals surface area contributed by atoms with Crippen LogP contribution in [0.15, 0.2) is 91.0 Å². The number of hydrogen-bond acceptors (Lipinski definition) is 10. The van der Waals surface area contributed by atoms with E-state index in [4.69, 9.17) is 107 Å². The van der Waals surface area contributed by atoms with Crippen molar-refractivity contribution in [2.75, 3.05) is 27.4 Å². The third kappa shape index (κ3) is 33.7. The number of aliphatic hydroxyl groups is 2. The molecular weight excluding hydrogens is 1630 g/mol. The minimum atomic E-state index is -6.06. The molecule has 0 heterocycles. The molecule has 3 amide bonds. The highest BCUT2D eigenvalue weighted by molar-refractivity contribution is 14.1. The molecule has 0 unspecified atom stereocenters. The number of nitrogen functional groups attached to an aromatic ring is 2. The number of hydrogen-bond donors (Lipinski definition) is 7. The number of nitrogens with one attached hydrogen (secondary N) is 3. The smallest absolute Gasteiger partial charge is 0.438 e. The minimum absolute atomic E-state index is 0.00151. The molecule has 33 heteroatoms. The summed E-state index contributed by atoms with van der Waals surface area (Å²) in [6.07, 6.45) is -15.7. The average Bonchev–Trinajstić information content (AvgIpc) is 0.784. The maximum atomic E-state index is 12.6. The third-order valence-electron chi connectivity index (χ3n) is 9.76. The predicted octanol–water partition coefficient (Wildman–Crippen LogP) is 20.0. The Hall–Kier alpha value is -6.04. The number of rotatable bonds is 3. The Morgan fingerprint density at radius 2 is 0.695 bits per heavy atom. The van der Waals surface area contributed by atoms with Gasteiger partial charge in [0.15, 0.2) is 0 Å². The maximum absolute atomic E-state index is 12.6. The van der Waals surface area contributed by atoms with Crippen molar-refractivity contribution in [3.8, 4) is 48.0 Å². The second kappa shape index (κ2) is 36.5.